The minimum Gasteiger partial charge on any atom is -0.493 e. The van der Waals surface area contributed by atoms with Crippen LogP contribution in [0.3, 0.4) is 0 Å². The van der Waals surface area contributed by atoms with Crippen molar-refractivity contribution >= 4 is 24.0 Å². The first-order valence-corrected chi connectivity index (χ1v) is 8.67. The van der Waals surface area contributed by atoms with Gasteiger partial charge in [0.15, 0.2) is 11.5 Å². The lowest BCUT2D eigenvalue weighted by Gasteiger charge is -2.32. The topological polar surface area (TPSA) is 37.0 Å². The van der Waals surface area contributed by atoms with Gasteiger partial charge in [0.25, 0.3) is 0 Å². The second kappa shape index (κ2) is 9.11. The SMILES string of the molecule is COc1ccc(CN2CCC(N3CCNCC3)C2)c(Cl)c1OC.Cl. The fourth-order valence-corrected chi connectivity index (χ4v) is 3.89. The molecule has 2 heterocycles. The lowest BCUT2D eigenvalue weighted by Crippen LogP contribution is -2.49. The molecule has 0 saturated carbocycles. The van der Waals surface area contributed by atoms with Crippen LogP contribution in [-0.2, 0) is 6.54 Å². The summed E-state index contributed by atoms with van der Waals surface area (Å²) in [6.07, 6.45) is 1.24. The van der Waals surface area contributed by atoms with Crippen LogP contribution in [-0.4, -0.2) is 69.3 Å². The summed E-state index contributed by atoms with van der Waals surface area (Å²) in [5.74, 6) is 1.31. The van der Waals surface area contributed by atoms with Gasteiger partial charge in [0, 0.05) is 51.9 Å². The summed E-state index contributed by atoms with van der Waals surface area (Å²) in [7, 11) is 3.26. The predicted molar refractivity (Wildman–Crippen MR) is 99.9 cm³/mol. The summed E-state index contributed by atoms with van der Waals surface area (Å²) >= 11 is 6.51. The van der Waals surface area contributed by atoms with E-state index >= 15 is 0 Å². The van der Waals surface area contributed by atoms with Gasteiger partial charge in [-0.1, -0.05) is 17.7 Å². The van der Waals surface area contributed by atoms with Gasteiger partial charge in [0.2, 0.25) is 0 Å². The minimum atomic E-state index is 0. The van der Waals surface area contributed by atoms with Crippen LogP contribution < -0.4 is 14.8 Å². The molecule has 1 unspecified atom stereocenters. The Bertz CT molecular complexity index is 539. The minimum absolute atomic E-state index is 0. The number of hydrogen-bond donors (Lipinski definition) is 1. The number of ether oxygens (including phenoxy) is 2. The molecule has 1 aromatic carbocycles. The number of piperazine rings is 1. The van der Waals surface area contributed by atoms with Crippen molar-refractivity contribution in [1.82, 2.24) is 15.1 Å². The molecule has 2 aliphatic heterocycles. The molecular formula is C17H27Cl2N3O2. The van der Waals surface area contributed by atoms with E-state index < -0.39 is 0 Å². The van der Waals surface area contributed by atoms with E-state index in [1.165, 1.54) is 6.42 Å². The highest BCUT2D eigenvalue weighted by Crippen LogP contribution is 2.38. The molecule has 136 valence electrons. The monoisotopic (exact) mass is 375 g/mol. The molecule has 1 aromatic rings. The second-order valence-corrected chi connectivity index (χ2v) is 6.62. The van der Waals surface area contributed by atoms with Gasteiger partial charge in [-0.15, -0.1) is 12.4 Å². The maximum Gasteiger partial charge on any atom is 0.179 e. The first-order chi connectivity index (χ1) is 11.2. The molecule has 24 heavy (non-hydrogen) atoms. The van der Waals surface area contributed by atoms with Crippen LogP contribution in [0.15, 0.2) is 12.1 Å². The van der Waals surface area contributed by atoms with Crippen LogP contribution in [0.4, 0.5) is 0 Å². The van der Waals surface area contributed by atoms with E-state index in [2.05, 4.69) is 15.1 Å². The van der Waals surface area contributed by atoms with Crippen LogP contribution in [0.2, 0.25) is 5.02 Å². The number of halogens is 2. The normalized spacial score (nSPS) is 22.2. The van der Waals surface area contributed by atoms with Gasteiger partial charge in [0.1, 0.15) is 0 Å². The highest BCUT2D eigenvalue weighted by Gasteiger charge is 2.29. The van der Waals surface area contributed by atoms with E-state index in [9.17, 15) is 0 Å². The molecule has 0 aliphatic carbocycles. The highest BCUT2D eigenvalue weighted by molar-refractivity contribution is 6.33. The van der Waals surface area contributed by atoms with Crippen molar-refractivity contribution in [3.05, 3.63) is 22.7 Å². The summed E-state index contributed by atoms with van der Waals surface area (Å²) in [5, 5.41) is 4.09. The molecular weight excluding hydrogens is 349 g/mol. The Labute approximate surface area is 155 Å². The molecule has 0 bridgehead atoms. The molecule has 2 saturated heterocycles. The quantitative estimate of drug-likeness (QED) is 0.853. The number of nitrogens with zero attached hydrogens (tertiary/aromatic N) is 2. The Hall–Kier alpha value is -0.720. The lowest BCUT2D eigenvalue weighted by atomic mass is 10.2. The van der Waals surface area contributed by atoms with Crippen molar-refractivity contribution in [3.63, 3.8) is 0 Å². The molecule has 2 fully saturated rings. The average Bonchev–Trinajstić information content (AvgIpc) is 3.06. The zero-order chi connectivity index (χ0) is 16.2. The Kier molecular flexibility index (Phi) is 7.44. The number of benzene rings is 1. The van der Waals surface area contributed by atoms with Crippen molar-refractivity contribution in [1.29, 1.82) is 0 Å². The lowest BCUT2D eigenvalue weighted by molar-refractivity contribution is 0.170. The summed E-state index contributed by atoms with van der Waals surface area (Å²) in [5.41, 5.74) is 1.10. The molecule has 1 N–H and O–H groups in total. The molecule has 0 radical (unpaired) electrons. The van der Waals surface area contributed by atoms with Gasteiger partial charge in [0.05, 0.1) is 19.2 Å². The van der Waals surface area contributed by atoms with E-state index in [-0.39, 0.29) is 12.4 Å². The standard InChI is InChI=1S/C17H26ClN3O2.ClH/c1-22-15-4-3-13(16(18)17(15)23-2)11-20-8-5-14(12-20)21-9-6-19-7-10-21;/h3-4,14,19H,5-12H2,1-2H3;1H. The molecule has 0 spiro atoms. The Morgan fingerprint density at radius 2 is 1.92 bits per heavy atom. The zero-order valence-electron chi connectivity index (χ0n) is 14.4. The van der Waals surface area contributed by atoms with Crippen molar-refractivity contribution in [2.45, 2.75) is 19.0 Å². The van der Waals surface area contributed by atoms with Gasteiger partial charge < -0.3 is 14.8 Å². The van der Waals surface area contributed by atoms with E-state index in [1.54, 1.807) is 14.2 Å². The summed E-state index contributed by atoms with van der Waals surface area (Å²) in [6.45, 7) is 7.65. The Morgan fingerprint density at radius 1 is 1.17 bits per heavy atom. The van der Waals surface area contributed by atoms with Crippen molar-refractivity contribution in [2.75, 3.05) is 53.5 Å². The number of hydrogen-bond acceptors (Lipinski definition) is 5. The number of rotatable bonds is 5. The van der Waals surface area contributed by atoms with Gasteiger partial charge in [-0.2, -0.15) is 0 Å². The highest BCUT2D eigenvalue weighted by atomic mass is 35.5. The summed E-state index contributed by atoms with van der Waals surface area (Å²) in [4.78, 5) is 5.10. The number of likely N-dealkylation sites (tertiary alicyclic amines) is 1. The summed E-state index contributed by atoms with van der Waals surface area (Å²) < 4.78 is 10.7. The van der Waals surface area contributed by atoms with Crippen molar-refractivity contribution in [2.24, 2.45) is 0 Å². The first-order valence-electron chi connectivity index (χ1n) is 8.29. The van der Waals surface area contributed by atoms with E-state index in [1.807, 2.05) is 12.1 Å². The van der Waals surface area contributed by atoms with Gasteiger partial charge in [-0.05, 0) is 18.1 Å². The van der Waals surface area contributed by atoms with Gasteiger partial charge >= 0.3 is 0 Å². The van der Waals surface area contributed by atoms with E-state index in [0.717, 1.165) is 51.4 Å². The molecule has 7 heteroatoms. The largest absolute Gasteiger partial charge is 0.493 e. The van der Waals surface area contributed by atoms with Crippen molar-refractivity contribution < 1.29 is 9.47 Å². The Morgan fingerprint density at radius 3 is 2.58 bits per heavy atom. The number of nitrogens with one attached hydrogen (secondary N) is 1. The molecule has 0 aromatic heterocycles. The summed E-state index contributed by atoms with van der Waals surface area (Å²) in [6, 6.07) is 4.65. The molecule has 1 atom stereocenters. The van der Waals surface area contributed by atoms with Crippen LogP contribution in [0.1, 0.15) is 12.0 Å². The van der Waals surface area contributed by atoms with E-state index in [4.69, 9.17) is 21.1 Å². The van der Waals surface area contributed by atoms with Crippen LogP contribution in [0, 0.1) is 0 Å². The molecule has 5 nitrogen and oxygen atoms in total. The molecule has 0 amide bonds. The van der Waals surface area contributed by atoms with Crippen LogP contribution >= 0.6 is 24.0 Å². The first kappa shape index (κ1) is 19.6. The Balaban J connectivity index is 0.00000208. The number of methoxy groups -OCH3 is 2. The predicted octanol–water partition coefficient (Wildman–Crippen LogP) is 2.26. The second-order valence-electron chi connectivity index (χ2n) is 6.24. The fraction of sp³-hybridized carbons (Fsp3) is 0.647. The maximum atomic E-state index is 6.51. The van der Waals surface area contributed by atoms with Gasteiger partial charge in [-0.25, -0.2) is 0 Å². The van der Waals surface area contributed by atoms with Crippen LogP contribution in [0.5, 0.6) is 11.5 Å². The third-order valence-corrected chi connectivity index (χ3v) is 5.29. The fourth-order valence-electron chi connectivity index (χ4n) is 3.59. The van der Waals surface area contributed by atoms with Crippen LogP contribution in [0.25, 0.3) is 0 Å². The van der Waals surface area contributed by atoms with Gasteiger partial charge in [-0.3, -0.25) is 9.80 Å². The molecule has 3 rings (SSSR count). The third kappa shape index (κ3) is 4.27. The van der Waals surface area contributed by atoms with Crippen molar-refractivity contribution in [3.8, 4) is 11.5 Å². The molecule has 2 aliphatic rings. The maximum absolute atomic E-state index is 6.51. The average molecular weight is 376 g/mol. The zero-order valence-corrected chi connectivity index (χ0v) is 16.0. The van der Waals surface area contributed by atoms with E-state index in [0.29, 0.717) is 22.6 Å². The third-order valence-electron chi connectivity index (χ3n) is 4.87. The smallest absolute Gasteiger partial charge is 0.179 e.